The van der Waals surface area contributed by atoms with Crippen LogP contribution in [0.2, 0.25) is 0 Å². The lowest BCUT2D eigenvalue weighted by atomic mass is 9.90. The van der Waals surface area contributed by atoms with Crippen molar-refractivity contribution in [3.05, 3.63) is 29.8 Å². The van der Waals surface area contributed by atoms with E-state index in [0.717, 1.165) is 12.8 Å². The molecule has 0 saturated carbocycles. The van der Waals surface area contributed by atoms with Crippen LogP contribution in [-0.4, -0.2) is 42.4 Å². The molecule has 24 heavy (non-hydrogen) atoms. The second kappa shape index (κ2) is 7.47. The molecule has 1 aromatic carbocycles. The van der Waals surface area contributed by atoms with E-state index >= 15 is 0 Å². The zero-order chi connectivity index (χ0) is 17.7. The van der Waals surface area contributed by atoms with Crippen LogP contribution in [0.15, 0.2) is 24.3 Å². The standard InChI is InChI=1S/C18H24N2O4/c1-4-24-15(21)13-7-9-14(10-8-13)19-16(22)18(2,3)17(23)20-11-5-6-12-20/h7-10H,4-6,11-12H2,1-3H3,(H,19,22). The van der Waals surface area contributed by atoms with Crippen molar-refractivity contribution in [3.8, 4) is 0 Å². The Hall–Kier alpha value is -2.37. The van der Waals surface area contributed by atoms with Gasteiger partial charge in [-0.3, -0.25) is 9.59 Å². The summed E-state index contributed by atoms with van der Waals surface area (Å²) in [4.78, 5) is 38.4. The van der Waals surface area contributed by atoms with Gasteiger partial charge in [0.2, 0.25) is 11.8 Å². The van der Waals surface area contributed by atoms with E-state index in [1.165, 1.54) is 0 Å². The summed E-state index contributed by atoms with van der Waals surface area (Å²) in [6, 6.07) is 6.42. The van der Waals surface area contributed by atoms with Crippen LogP contribution in [0.4, 0.5) is 5.69 Å². The maximum Gasteiger partial charge on any atom is 0.338 e. The summed E-state index contributed by atoms with van der Waals surface area (Å²) in [5.41, 5.74) is -0.179. The van der Waals surface area contributed by atoms with Gasteiger partial charge in [-0.15, -0.1) is 0 Å². The van der Waals surface area contributed by atoms with Crippen LogP contribution in [0.1, 0.15) is 44.0 Å². The van der Waals surface area contributed by atoms with Crippen LogP contribution < -0.4 is 5.32 Å². The molecule has 1 saturated heterocycles. The molecule has 2 rings (SSSR count). The number of nitrogens with zero attached hydrogens (tertiary/aromatic N) is 1. The molecule has 1 aliphatic rings. The van der Waals surface area contributed by atoms with E-state index in [9.17, 15) is 14.4 Å². The van der Waals surface area contributed by atoms with Crippen molar-refractivity contribution in [3.63, 3.8) is 0 Å². The summed E-state index contributed by atoms with van der Waals surface area (Å²) in [6.45, 7) is 6.75. The average Bonchev–Trinajstić information content (AvgIpc) is 3.09. The van der Waals surface area contributed by atoms with Gasteiger partial charge >= 0.3 is 5.97 Å². The lowest BCUT2D eigenvalue weighted by molar-refractivity contribution is -0.145. The van der Waals surface area contributed by atoms with Crippen LogP contribution in [0.3, 0.4) is 0 Å². The first-order chi connectivity index (χ1) is 11.4. The fourth-order valence-corrected chi connectivity index (χ4v) is 2.60. The van der Waals surface area contributed by atoms with Crippen molar-refractivity contribution >= 4 is 23.5 Å². The Labute approximate surface area is 142 Å². The second-order valence-electron chi connectivity index (χ2n) is 6.38. The van der Waals surface area contributed by atoms with Gasteiger partial charge in [0, 0.05) is 18.8 Å². The number of benzene rings is 1. The van der Waals surface area contributed by atoms with Crippen molar-refractivity contribution in [2.24, 2.45) is 5.41 Å². The Bertz CT molecular complexity index is 616. The van der Waals surface area contributed by atoms with Gasteiger partial charge in [-0.25, -0.2) is 4.79 Å². The molecule has 1 aromatic rings. The van der Waals surface area contributed by atoms with Gasteiger partial charge in [-0.2, -0.15) is 0 Å². The average molecular weight is 332 g/mol. The van der Waals surface area contributed by atoms with Crippen LogP contribution >= 0.6 is 0 Å². The summed E-state index contributed by atoms with van der Waals surface area (Å²) in [5, 5.41) is 2.75. The molecule has 1 heterocycles. The minimum atomic E-state index is -1.13. The monoisotopic (exact) mass is 332 g/mol. The van der Waals surface area contributed by atoms with Crippen molar-refractivity contribution in [1.29, 1.82) is 0 Å². The normalized spacial score (nSPS) is 14.4. The van der Waals surface area contributed by atoms with E-state index in [-0.39, 0.29) is 11.8 Å². The number of carbonyl (C=O) groups excluding carboxylic acids is 3. The van der Waals surface area contributed by atoms with Gasteiger partial charge < -0.3 is 15.0 Å². The summed E-state index contributed by atoms with van der Waals surface area (Å²) in [5.74, 6) is -0.913. The number of amides is 2. The van der Waals surface area contributed by atoms with Crippen LogP contribution in [0, 0.1) is 5.41 Å². The first-order valence-corrected chi connectivity index (χ1v) is 8.24. The van der Waals surface area contributed by atoms with E-state index < -0.39 is 11.4 Å². The Morgan fingerprint density at radius 3 is 2.25 bits per heavy atom. The Balaban J connectivity index is 2.02. The molecule has 0 unspecified atom stereocenters. The Morgan fingerprint density at radius 2 is 1.71 bits per heavy atom. The van der Waals surface area contributed by atoms with Crippen molar-refractivity contribution in [2.45, 2.75) is 33.6 Å². The van der Waals surface area contributed by atoms with Gasteiger partial charge in [0.05, 0.1) is 12.2 Å². The van der Waals surface area contributed by atoms with Gasteiger partial charge in [-0.05, 0) is 57.9 Å². The van der Waals surface area contributed by atoms with Gasteiger partial charge in [0.25, 0.3) is 0 Å². The van der Waals surface area contributed by atoms with E-state index in [0.29, 0.717) is 30.9 Å². The van der Waals surface area contributed by atoms with Crippen molar-refractivity contribution in [1.82, 2.24) is 4.90 Å². The number of carbonyl (C=O) groups is 3. The Morgan fingerprint density at radius 1 is 1.12 bits per heavy atom. The van der Waals surface area contributed by atoms with Crippen molar-refractivity contribution < 1.29 is 19.1 Å². The molecule has 130 valence electrons. The third-order valence-corrected chi connectivity index (χ3v) is 4.15. The highest BCUT2D eigenvalue weighted by Crippen LogP contribution is 2.24. The zero-order valence-corrected chi connectivity index (χ0v) is 14.4. The molecule has 0 aliphatic carbocycles. The fourth-order valence-electron chi connectivity index (χ4n) is 2.60. The number of anilines is 1. The number of hydrogen-bond acceptors (Lipinski definition) is 4. The molecular formula is C18H24N2O4. The van der Waals surface area contributed by atoms with E-state index in [4.69, 9.17) is 4.74 Å². The fraction of sp³-hybridized carbons (Fsp3) is 0.500. The number of ether oxygens (including phenoxy) is 1. The van der Waals surface area contributed by atoms with Crippen LogP contribution in [-0.2, 0) is 14.3 Å². The van der Waals surface area contributed by atoms with Crippen LogP contribution in [0.5, 0.6) is 0 Å². The molecule has 1 fully saturated rings. The lowest BCUT2D eigenvalue weighted by Gasteiger charge is -2.28. The summed E-state index contributed by atoms with van der Waals surface area (Å²) in [7, 11) is 0. The van der Waals surface area contributed by atoms with E-state index in [1.807, 2.05) is 0 Å². The predicted molar refractivity (Wildman–Crippen MR) is 90.6 cm³/mol. The van der Waals surface area contributed by atoms with Gasteiger partial charge in [0.15, 0.2) is 0 Å². The van der Waals surface area contributed by atoms with E-state index in [2.05, 4.69) is 5.32 Å². The lowest BCUT2D eigenvalue weighted by Crippen LogP contribution is -2.46. The zero-order valence-electron chi connectivity index (χ0n) is 14.4. The SMILES string of the molecule is CCOC(=O)c1ccc(NC(=O)C(C)(C)C(=O)N2CCCC2)cc1. The molecule has 0 atom stereocenters. The maximum absolute atomic E-state index is 12.5. The maximum atomic E-state index is 12.5. The molecule has 0 bridgehead atoms. The number of likely N-dealkylation sites (tertiary alicyclic amines) is 1. The van der Waals surface area contributed by atoms with Gasteiger partial charge in [-0.1, -0.05) is 0 Å². The highest BCUT2D eigenvalue weighted by atomic mass is 16.5. The third kappa shape index (κ3) is 3.93. The summed E-state index contributed by atoms with van der Waals surface area (Å²) in [6.07, 6.45) is 1.97. The number of esters is 1. The predicted octanol–water partition coefficient (Wildman–Crippen LogP) is 2.45. The number of nitrogens with one attached hydrogen (secondary N) is 1. The topological polar surface area (TPSA) is 75.7 Å². The first-order valence-electron chi connectivity index (χ1n) is 8.24. The molecule has 0 spiro atoms. The minimum absolute atomic E-state index is 0.152. The third-order valence-electron chi connectivity index (χ3n) is 4.15. The Kier molecular flexibility index (Phi) is 5.59. The molecule has 1 aliphatic heterocycles. The minimum Gasteiger partial charge on any atom is -0.462 e. The summed E-state index contributed by atoms with van der Waals surface area (Å²) >= 11 is 0. The number of rotatable bonds is 5. The van der Waals surface area contributed by atoms with Crippen LogP contribution in [0.25, 0.3) is 0 Å². The highest BCUT2D eigenvalue weighted by Gasteiger charge is 2.39. The molecule has 6 nitrogen and oxygen atoms in total. The number of hydrogen-bond donors (Lipinski definition) is 1. The summed E-state index contributed by atoms with van der Waals surface area (Å²) < 4.78 is 4.92. The van der Waals surface area contributed by atoms with Gasteiger partial charge in [0.1, 0.15) is 5.41 Å². The van der Waals surface area contributed by atoms with Crippen molar-refractivity contribution in [2.75, 3.05) is 25.0 Å². The molecule has 6 heteroatoms. The van der Waals surface area contributed by atoms with E-state index in [1.54, 1.807) is 49.9 Å². The molecular weight excluding hydrogens is 308 g/mol. The molecule has 1 N–H and O–H groups in total. The highest BCUT2D eigenvalue weighted by molar-refractivity contribution is 6.10. The second-order valence-corrected chi connectivity index (χ2v) is 6.38. The largest absolute Gasteiger partial charge is 0.462 e. The molecule has 2 amide bonds. The quantitative estimate of drug-likeness (QED) is 0.664. The molecule has 0 aromatic heterocycles. The molecule has 0 radical (unpaired) electrons. The first kappa shape index (κ1) is 18.0. The smallest absolute Gasteiger partial charge is 0.338 e.